The maximum atomic E-state index is 12.9. The molecule has 0 aliphatic carbocycles. The molecule has 6 nitrogen and oxygen atoms in total. The molecule has 2 atom stereocenters. The summed E-state index contributed by atoms with van der Waals surface area (Å²) in [6.07, 6.45) is 2.14. The fourth-order valence-electron chi connectivity index (χ4n) is 5.20. The second-order valence-corrected chi connectivity index (χ2v) is 10.3. The molecule has 1 amide bonds. The Hall–Kier alpha value is -3.97. The van der Waals surface area contributed by atoms with Crippen LogP contribution in [-0.4, -0.2) is 32.0 Å². The van der Waals surface area contributed by atoms with E-state index in [9.17, 15) is 4.79 Å². The number of benzene rings is 2. The second kappa shape index (κ2) is 11.2. The first kappa shape index (κ1) is 25.7. The van der Waals surface area contributed by atoms with Crippen molar-refractivity contribution in [1.29, 1.82) is 0 Å². The van der Waals surface area contributed by atoms with Crippen LogP contribution in [0, 0.1) is 20.8 Å². The number of carbonyl (C=O) groups is 1. The third-order valence-corrected chi connectivity index (χ3v) is 7.58. The molecule has 3 heterocycles. The summed E-state index contributed by atoms with van der Waals surface area (Å²) in [6, 6.07) is 26.3. The van der Waals surface area contributed by atoms with E-state index in [0.29, 0.717) is 18.1 Å². The third kappa shape index (κ3) is 5.48. The van der Waals surface area contributed by atoms with E-state index in [1.54, 1.807) is 0 Å². The zero-order chi connectivity index (χ0) is 26.6. The van der Waals surface area contributed by atoms with Crippen molar-refractivity contribution in [3.05, 3.63) is 119 Å². The molecule has 2 N–H and O–H groups in total. The molecule has 0 unspecified atom stereocenters. The van der Waals surface area contributed by atoms with Gasteiger partial charge in [-0.2, -0.15) is 0 Å². The SMILES string of the molecule is Cc1ccc(NC(=O)CCN2C(=S)N[C@H](c3ccccn3)[C@@H]2c2cc(C)n(Cc3ccccc3)c2C)cc1. The van der Waals surface area contributed by atoms with Gasteiger partial charge in [0, 0.05) is 42.8 Å². The third-order valence-electron chi connectivity index (χ3n) is 7.23. The van der Waals surface area contributed by atoms with Crippen molar-refractivity contribution in [2.24, 2.45) is 0 Å². The quantitative estimate of drug-likeness (QED) is 0.283. The molecule has 0 spiro atoms. The van der Waals surface area contributed by atoms with Crippen LogP contribution >= 0.6 is 12.2 Å². The van der Waals surface area contributed by atoms with Gasteiger partial charge in [-0.1, -0.05) is 54.1 Å². The first-order valence-corrected chi connectivity index (χ1v) is 13.4. The Bertz CT molecular complexity index is 1420. The standard InChI is InChI=1S/C31H33N5OS/c1-21-12-14-25(15-13-21)33-28(37)16-18-35-30(29(34-31(35)38)27-11-7-8-17-32-27)26-19-22(2)36(23(26)3)20-24-9-5-4-6-10-24/h4-15,17,19,29-30H,16,18,20H2,1-3H3,(H,33,37)(H,34,38)/t29-,30+/m1/s1. The summed E-state index contributed by atoms with van der Waals surface area (Å²) in [5.74, 6) is -0.0359. The van der Waals surface area contributed by atoms with Crippen molar-refractivity contribution < 1.29 is 4.79 Å². The number of amides is 1. The molecule has 2 aromatic heterocycles. The number of anilines is 1. The lowest BCUT2D eigenvalue weighted by atomic mass is 9.96. The Labute approximate surface area is 229 Å². The molecular weight excluding hydrogens is 490 g/mol. The maximum absolute atomic E-state index is 12.9. The highest BCUT2D eigenvalue weighted by atomic mass is 32.1. The minimum Gasteiger partial charge on any atom is -0.352 e. The highest BCUT2D eigenvalue weighted by Crippen LogP contribution is 2.41. The monoisotopic (exact) mass is 523 g/mol. The van der Waals surface area contributed by atoms with E-state index in [4.69, 9.17) is 12.2 Å². The van der Waals surface area contributed by atoms with Crippen LogP contribution in [0.15, 0.2) is 85.1 Å². The van der Waals surface area contributed by atoms with Gasteiger partial charge in [-0.3, -0.25) is 9.78 Å². The highest BCUT2D eigenvalue weighted by Gasteiger charge is 2.41. The van der Waals surface area contributed by atoms with Gasteiger partial charge in [0.15, 0.2) is 5.11 Å². The molecule has 4 aromatic rings. The molecule has 194 valence electrons. The summed E-state index contributed by atoms with van der Waals surface area (Å²) in [6.45, 7) is 7.65. The number of aromatic nitrogens is 2. The van der Waals surface area contributed by atoms with Crippen LogP contribution < -0.4 is 10.6 Å². The van der Waals surface area contributed by atoms with Crippen molar-refractivity contribution in [3.63, 3.8) is 0 Å². The van der Waals surface area contributed by atoms with Gasteiger partial charge in [0.05, 0.1) is 17.8 Å². The lowest BCUT2D eigenvalue weighted by Crippen LogP contribution is -2.33. The van der Waals surface area contributed by atoms with Crippen LogP contribution in [0.5, 0.6) is 0 Å². The molecule has 1 aliphatic rings. The van der Waals surface area contributed by atoms with Crippen LogP contribution in [0.1, 0.15) is 52.3 Å². The van der Waals surface area contributed by atoms with E-state index in [0.717, 1.165) is 23.5 Å². The number of rotatable bonds is 8. The summed E-state index contributed by atoms with van der Waals surface area (Å²) in [5.41, 5.74) is 7.72. The lowest BCUT2D eigenvalue weighted by Gasteiger charge is -2.28. The number of nitrogens with one attached hydrogen (secondary N) is 2. The zero-order valence-corrected chi connectivity index (χ0v) is 22.8. The van der Waals surface area contributed by atoms with E-state index in [2.05, 4.69) is 69.3 Å². The zero-order valence-electron chi connectivity index (χ0n) is 22.0. The Morgan fingerprint density at radius 3 is 2.45 bits per heavy atom. The van der Waals surface area contributed by atoms with Gasteiger partial charge in [-0.05, 0) is 74.4 Å². The molecule has 0 saturated carbocycles. The lowest BCUT2D eigenvalue weighted by molar-refractivity contribution is -0.116. The summed E-state index contributed by atoms with van der Waals surface area (Å²) in [5, 5.41) is 7.16. The Kier molecular flexibility index (Phi) is 7.56. The summed E-state index contributed by atoms with van der Waals surface area (Å²) >= 11 is 5.83. The maximum Gasteiger partial charge on any atom is 0.226 e. The average Bonchev–Trinajstić information content (AvgIpc) is 3.40. The summed E-state index contributed by atoms with van der Waals surface area (Å²) in [4.78, 5) is 19.7. The van der Waals surface area contributed by atoms with E-state index in [1.807, 2.05) is 61.7 Å². The van der Waals surface area contributed by atoms with E-state index < -0.39 is 0 Å². The first-order chi connectivity index (χ1) is 18.4. The van der Waals surface area contributed by atoms with Gasteiger partial charge < -0.3 is 20.1 Å². The first-order valence-electron chi connectivity index (χ1n) is 13.0. The number of hydrogen-bond acceptors (Lipinski definition) is 3. The van der Waals surface area contributed by atoms with Gasteiger partial charge in [-0.15, -0.1) is 0 Å². The predicted octanol–water partition coefficient (Wildman–Crippen LogP) is 5.86. The van der Waals surface area contributed by atoms with E-state index >= 15 is 0 Å². The second-order valence-electron chi connectivity index (χ2n) is 9.88. The molecule has 2 aromatic carbocycles. The van der Waals surface area contributed by atoms with Gasteiger partial charge in [0.1, 0.15) is 0 Å². The van der Waals surface area contributed by atoms with Crippen molar-refractivity contribution in [2.75, 3.05) is 11.9 Å². The normalized spacial score (nSPS) is 16.9. The minimum absolute atomic E-state index is 0.0359. The summed E-state index contributed by atoms with van der Waals surface area (Å²) < 4.78 is 2.35. The number of nitrogens with zero attached hydrogens (tertiary/aromatic N) is 3. The Morgan fingerprint density at radius 2 is 1.74 bits per heavy atom. The molecule has 0 radical (unpaired) electrons. The molecular formula is C31H33N5OS. The largest absolute Gasteiger partial charge is 0.352 e. The van der Waals surface area contributed by atoms with Crippen molar-refractivity contribution in [1.82, 2.24) is 19.8 Å². The van der Waals surface area contributed by atoms with Crippen molar-refractivity contribution >= 4 is 28.9 Å². The van der Waals surface area contributed by atoms with E-state index in [1.165, 1.54) is 22.5 Å². The van der Waals surface area contributed by atoms with Crippen LogP contribution in [0.4, 0.5) is 5.69 Å². The molecule has 1 fully saturated rings. The number of thiocarbonyl (C=S) groups is 1. The number of hydrogen-bond donors (Lipinski definition) is 2. The van der Waals surface area contributed by atoms with Crippen LogP contribution in [0.2, 0.25) is 0 Å². The number of aryl methyl sites for hydroxylation is 2. The predicted molar refractivity (Wildman–Crippen MR) is 156 cm³/mol. The molecule has 5 rings (SSSR count). The van der Waals surface area contributed by atoms with Crippen LogP contribution in [-0.2, 0) is 11.3 Å². The topological polar surface area (TPSA) is 62.2 Å². The van der Waals surface area contributed by atoms with Crippen molar-refractivity contribution in [3.8, 4) is 0 Å². The Morgan fingerprint density at radius 1 is 1.00 bits per heavy atom. The van der Waals surface area contributed by atoms with E-state index in [-0.39, 0.29) is 18.0 Å². The fourth-order valence-corrected chi connectivity index (χ4v) is 5.54. The van der Waals surface area contributed by atoms with Gasteiger partial charge in [0.25, 0.3) is 0 Å². The fraction of sp³-hybridized carbons (Fsp3) is 0.258. The molecule has 1 aliphatic heterocycles. The van der Waals surface area contributed by atoms with Gasteiger partial charge >= 0.3 is 0 Å². The summed E-state index contributed by atoms with van der Waals surface area (Å²) in [7, 11) is 0. The highest BCUT2D eigenvalue weighted by molar-refractivity contribution is 7.80. The molecule has 7 heteroatoms. The number of pyridine rings is 1. The molecule has 0 bridgehead atoms. The Balaban J connectivity index is 1.42. The average molecular weight is 524 g/mol. The smallest absolute Gasteiger partial charge is 0.226 e. The van der Waals surface area contributed by atoms with Crippen LogP contribution in [0.3, 0.4) is 0 Å². The molecule has 38 heavy (non-hydrogen) atoms. The van der Waals surface area contributed by atoms with Crippen LogP contribution in [0.25, 0.3) is 0 Å². The van der Waals surface area contributed by atoms with Gasteiger partial charge in [0.2, 0.25) is 5.91 Å². The van der Waals surface area contributed by atoms with Gasteiger partial charge in [-0.25, -0.2) is 0 Å². The number of carbonyl (C=O) groups excluding carboxylic acids is 1. The van der Waals surface area contributed by atoms with Crippen molar-refractivity contribution in [2.45, 2.75) is 45.8 Å². The molecule has 1 saturated heterocycles. The minimum atomic E-state index is -0.116.